The van der Waals surface area contributed by atoms with Crippen LogP contribution in [0.4, 0.5) is 11.4 Å². The van der Waals surface area contributed by atoms with E-state index in [1.165, 1.54) is 10.4 Å². The Morgan fingerprint density at radius 3 is 2.32 bits per heavy atom. The summed E-state index contributed by atoms with van der Waals surface area (Å²) in [7, 11) is -3.88. The number of benzene rings is 3. The van der Waals surface area contributed by atoms with Gasteiger partial charge in [0.1, 0.15) is 10.6 Å². The maximum atomic E-state index is 13.3. The Morgan fingerprint density at radius 1 is 0.968 bits per heavy atom. The number of nitrogens with zero attached hydrogens (tertiary/aromatic N) is 1. The molecule has 6 nitrogen and oxygen atoms in total. The Balaban J connectivity index is 1.73. The fourth-order valence-electron chi connectivity index (χ4n) is 3.03. The molecule has 0 atom stereocenters. The molecule has 8 heteroatoms. The first kappa shape index (κ1) is 22.7. The predicted octanol–water partition coefficient (Wildman–Crippen LogP) is 4.96. The third-order valence-electron chi connectivity index (χ3n) is 4.48. The van der Waals surface area contributed by atoms with Crippen LogP contribution < -0.4 is 14.4 Å². The highest BCUT2D eigenvalue weighted by Gasteiger charge is 2.26. The van der Waals surface area contributed by atoms with E-state index in [2.05, 4.69) is 5.32 Å². The van der Waals surface area contributed by atoms with Gasteiger partial charge in [0.25, 0.3) is 10.0 Å². The van der Waals surface area contributed by atoms with E-state index in [9.17, 15) is 13.2 Å². The second-order valence-electron chi connectivity index (χ2n) is 6.58. The first-order valence-electron chi connectivity index (χ1n) is 9.77. The number of para-hydroxylation sites is 3. The number of hydrogen-bond donors (Lipinski definition) is 1. The molecule has 31 heavy (non-hydrogen) atoms. The van der Waals surface area contributed by atoms with E-state index in [-0.39, 0.29) is 36.1 Å². The first-order valence-corrected chi connectivity index (χ1v) is 11.6. The minimum absolute atomic E-state index is 0.0288. The highest BCUT2D eigenvalue weighted by Crippen LogP contribution is 2.28. The van der Waals surface area contributed by atoms with Crippen LogP contribution in [0.15, 0.2) is 83.8 Å². The van der Waals surface area contributed by atoms with Gasteiger partial charge in [-0.3, -0.25) is 9.10 Å². The summed E-state index contributed by atoms with van der Waals surface area (Å²) in [6.45, 7) is 2.12. The molecule has 3 aromatic carbocycles. The molecule has 1 N–H and O–H groups in total. The normalized spacial score (nSPS) is 11.0. The predicted molar refractivity (Wildman–Crippen MR) is 123 cm³/mol. The number of anilines is 2. The van der Waals surface area contributed by atoms with Gasteiger partial charge in [-0.25, -0.2) is 8.42 Å². The average Bonchev–Trinajstić information content (AvgIpc) is 2.76. The second-order valence-corrected chi connectivity index (χ2v) is 8.82. The van der Waals surface area contributed by atoms with Crippen LogP contribution in [0.5, 0.6) is 5.75 Å². The Hall–Kier alpha value is -3.03. The smallest absolute Gasteiger partial charge is 0.266 e. The number of ether oxygens (including phenoxy) is 1. The number of rotatable bonds is 9. The van der Waals surface area contributed by atoms with Gasteiger partial charge in [0, 0.05) is 6.54 Å². The van der Waals surface area contributed by atoms with Crippen LogP contribution in [0.25, 0.3) is 0 Å². The van der Waals surface area contributed by atoms with E-state index in [0.717, 1.165) is 0 Å². The Kier molecular flexibility index (Phi) is 7.55. The first-order chi connectivity index (χ1) is 14.9. The number of hydrogen-bond acceptors (Lipinski definition) is 4. The zero-order chi connectivity index (χ0) is 22.3. The van der Waals surface area contributed by atoms with Crippen molar-refractivity contribution in [1.82, 2.24) is 0 Å². The largest absolute Gasteiger partial charge is 0.491 e. The third kappa shape index (κ3) is 5.57. The summed E-state index contributed by atoms with van der Waals surface area (Å²) in [5.41, 5.74) is 0.777. The van der Waals surface area contributed by atoms with Crippen LogP contribution >= 0.6 is 11.6 Å². The van der Waals surface area contributed by atoms with Gasteiger partial charge < -0.3 is 10.1 Å². The molecule has 162 valence electrons. The van der Waals surface area contributed by atoms with E-state index in [4.69, 9.17) is 16.3 Å². The molecule has 3 rings (SSSR count). The van der Waals surface area contributed by atoms with E-state index in [0.29, 0.717) is 16.5 Å². The molecule has 1 amide bonds. The van der Waals surface area contributed by atoms with Crippen molar-refractivity contribution in [1.29, 1.82) is 0 Å². The van der Waals surface area contributed by atoms with Crippen LogP contribution in [0, 0.1) is 0 Å². The lowest BCUT2D eigenvalue weighted by Gasteiger charge is -2.24. The van der Waals surface area contributed by atoms with Gasteiger partial charge in [0.15, 0.2) is 0 Å². The molecule has 0 radical (unpaired) electrons. The van der Waals surface area contributed by atoms with Crippen molar-refractivity contribution >= 4 is 38.9 Å². The quantitative estimate of drug-likeness (QED) is 0.491. The Bertz CT molecular complexity index is 1140. The fourth-order valence-corrected chi connectivity index (χ4v) is 4.84. The van der Waals surface area contributed by atoms with Crippen molar-refractivity contribution < 1.29 is 17.9 Å². The van der Waals surface area contributed by atoms with Gasteiger partial charge in [0.2, 0.25) is 5.91 Å². The molecular weight excluding hydrogens is 436 g/mol. The minimum Gasteiger partial charge on any atom is -0.491 e. The lowest BCUT2D eigenvalue weighted by Crippen LogP contribution is -2.31. The van der Waals surface area contributed by atoms with Gasteiger partial charge in [-0.1, -0.05) is 54.1 Å². The summed E-state index contributed by atoms with van der Waals surface area (Å²) in [4.78, 5) is 12.5. The van der Waals surface area contributed by atoms with Crippen LogP contribution in [0.3, 0.4) is 0 Å². The van der Waals surface area contributed by atoms with Gasteiger partial charge >= 0.3 is 0 Å². The summed E-state index contributed by atoms with van der Waals surface area (Å²) in [6.07, 6.45) is 0.0375. The number of carbonyl (C=O) groups excluding carboxylic acids is 1. The van der Waals surface area contributed by atoms with Crippen molar-refractivity contribution in [2.24, 2.45) is 0 Å². The monoisotopic (exact) mass is 458 g/mol. The van der Waals surface area contributed by atoms with Crippen molar-refractivity contribution in [3.05, 3.63) is 83.9 Å². The highest BCUT2D eigenvalue weighted by molar-refractivity contribution is 7.93. The molecule has 0 saturated heterocycles. The average molecular weight is 459 g/mol. The summed E-state index contributed by atoms with van der Waals surface area (Å²) >= 11 is 6.04. The molecule has 0 aliphatic heterocycles. The van der Waals surface area contributed by atoms with Gasteiger partial charge in [-0.05, 0) is 43.3 Å². The molecule has 0 heterocycles. The fraction of sp³-hybridized carbons (Fsp3) is 0.174. The molecule has 0 unspecified atom stereocenters. The Morgan fingerprint density at radius 2 is 1.61 bits per heavy atom. The van der Waals surface area contributed by atoms with Crippen LogP contribution in [0.2, 0.25) is 5.02 Å². The van der Waals surface area contributed by atoms with Crippen molar-refractivity contribution in [2.75, 3.05) is 22.8 Å². The topological polar surface area (TPSA) is 75.7 Å². The summed E-state index contributed by atoms with van der Waals surface area (Å²) < 4.78 is 33.5. The zero-order valence-corrected chi connectivity index (χ0v) is 18.6. The molecule has 0 bridgehead atoms. The summed E-state index contributed by atoms with van der Waals surface area (Å²) in [5, 5.41) is 3.15. The van der Waals surface area contributed by atoms with Crippen molar-refractivity contribution in [3.8, 4) is 5.75 Å². The zero-order valence-electron chi connectivity index (χ0n) is 17.0. The van der Waals surface area contributed by atoms with E-state index in [1.54, 1.807) is 73.7 Å². The third-order valence-corrected chi connectivity index (χ3v) is 6.76. The molecule has 0 aliphatic rings. The molecule has 0 aliphatic carbocycles. The van der Waals surface area contributed by atoms with Crippen molar-refractivity contribution in [3.63, 3.8) is 0 Å². The van der Waals surface area contributed by atoms with E-state index in [1.807, 2.05) is 6.07 Å². The Labute approximate surface area is 187 Å². The maximum Gasteiger partial charge on any atom is 0.266 e. The lowest BCUT2D eigenvalue weighted by atomic mass is 10.3. The summed E-state index contributed by atoms with van der Waals surface area (Å²) in [6, 6.07) is 22.2. The van der Waals surface area contributed by atoms with Crippen molar-refractivity contribution in [2.45, 2.75) is 18.2 Å². The number of sulfonamides is 1. The number of halogens is 1. The van der Waals surface area contributed by atoms with Gasteiger partial charge in [-0.2, -0.15) is 0 Å². The minimum atomic E-state index is -3.88. The maximum absolute atomic E-state index is 13.3. The molecule has 3 aromatic rings. The van der Waals surface area contributed by atoms with Gasteiger partial charge in [0.05, 0.1) is 29.4 Å². The lowest BCUT2D eigenvalue weighted by molar-refractivity contribution is -0.116. The number of amides is 1. The summed E-state index contributed by atoms with van der Waals surface area (Å²) in [5.74, 6) is 0.124. The number of carbonyl (C=O) groups is 1. The molecule has 0 saturated carbocycles. The number of nitrogens with one attached hydrogen (secondary N) is 1. The molecule has 0 spiro atoms. The molecular formula is C23H23ClN2O4S. The van der Waals surface area contributed by atoms with E-state index >= 15 is 0 Å². The van der Waals surface area contributed by atoms with Crippen LogP contribution in [0.1, 0.15) is 13.3 Å². The highest BCUT2D eigenvalue weighted by atomic mass is 35.5. The SMILES string of the molecule is CCN(c1ccccc1)S(=O)(=O)c1ccccc1NC(=O)CCOc1ccccc1Cl. The van der Waals surface area contributed by atoms with E-state index < -0.39 is 10.0 Å². The van der Waals surface area contributed by atoms with Crippen LogP contribution in [-0.4, -0.2) is 27.5 Å². The molecule has 0 fully saturated rings. The molecule has 0 aromatic heterocycles. The van der Waals surface area contributed by atoms with Crippen LogP contribution in [-0.2, 0) is 14.8 Å². The second kappa shape index (κ2) is 10.3. The standard InChI is InChI=1S/C23H23ClN2O4S/c1-2-26(18-10-4-3-5-11-18)31(28,29)22-15-9-7-13-20(22)25-23(27)16-17-30-21-14-8-6-12-19(21)24/h3-15H,2,16-17H2,1H3,(H,25,27). The van der Waals surface area contributed by atoms with Gasteiger partial charge in [-0.15, -0.1) is 0 Å².